The van der Waals surface area contributed by atoms with Crippen molar-refractivity contribution in [3.05, 3.63) is 35.1 Å². The van der Waals surface area contributed by atoms with Gasteiger partial charge in [0.15, 0.2) is 0 Å². The molecule has 0 saturated heterocycles. The molecule has 1 heterocycles. The first-order valence-corrected chi connectivity index (χ1v) is 4.17. The summed E-state index contributed by atoms with van der Waals surface area (Å²) in [5.41, 5.74) is 7.26. The van der Waals surface area contributed by atoms with E-state index in [9.17, 15) is 0 Å². The van der Waals surface area contributed by atoms with Gasteiger partial charge in [-0.1, -0.05) is 24.4 Å². The molecule has 0 spiro atoms. The third-order valence-corrected chi connectivity index (χ3v) is 2.02. The van der Waals surface area contributed by atoms with Crippen LogP contribution in [0.15, 0.2) is 30.5 Å². The summed E-state index contributed by atoms with van der Waals surface area (Å²) >= 11 is 5.04. The number of para-hydroxylation sites is 2. The Balaban J connectivity index is 2.66. The third-order valence-electron chi connectivity index (χ3n) is 1.73. The lowest BCUT2D eigenvalue weighted by molar-refractivity contribution is 0.798. The largest absolute Gasteiger partial charge is 0.397 e. The Morgan fingerprint density at radius 1 is 1.38 bits per heavy atom. The molecule has 4 nitrogen and oxygen atoms in total. The average molecular weight is 192 g/mol. The zero-order valence-corrected chi connectivity index (χ0v) is 7.58. The van der Waals surface area contributed by atoms with Crippen LogP contribution >= 0.6 is 12.2 Å². The second-order valence-corrected chi connectivity index (χ2v) is 3.01. The fraction of sp³-hybridized carbons (Fsp3) is 0. The summed E-state index contributed by atoms with van der Waals surface area (Å²) in [6.45, 7) is 0. The van der Waals surface area contributed by atoms with Crippen LogP contribution in [0.4, 0.5) is 5.69 Å². The topological polar surface area (TPSA) is 59.6 Å². The fourth-order valence-electron chi connectivity index (χ4n) is 1.11. The molecule has 2 aromatic rings. The number of nitrogen functional groups attached to an aromatic ring is 1. The summed E-state index contributed by atoms with van der Waals surface area (Å²) in [7, 11) is 0. The number of hydrogen-bond acceptors (Lipinski definition) is 3. The van der Waals surface area contributed by atoms with Crippen LogP contribution in [0.2, 0.25) is 0 Å². The highest BCUT2D eigenvalue weighted by Gasteiger charge is 2.00. The third kappa shape index (κ3) is 1.33. The molecule has 1 aromatic heterocycles. The van der Waals surface area contributed by atoms with E-state index in [1.807, 2.05) is 24.3 Å². The van der Waals surface area contributed by atoms with Gasteiger partial charge in [-0.25, -0.2) is 9.90 Å². The summed E-state index contributed by atoms with van der Waals surface area (Å²) < 4.78 is 2.27. The number of H-pyrrole nitrogens is 1. The Hall–Kier alpha value is -1.62. The summed E-state index contributed by atoms with van der Waals surface area (Å²) in [6, 6.07) is 7.47. The molecule has 3 N–H and O–H groups in total. The van der Waals surface area contributed by atoms with E-state index in [1.54, 1.807) is 10.9 Å². The van der Waals surface area contributed by atoms with Crippen molar-refractivity contribution in [3.8, 4) is 5.69 Å². The van der Waals surface area contributed by atoms with Crippen LogP contribution in [-0.2, 0) is 0 Å². The number of hydrogen-bond donors (Lipinski definition) is 2. The van der Waals surface area contributed by atoms with Crippen LogP contribution in [0.3, 0.4) is 0 Å². The average Bonchev–Trinajstić information content (AvgIpc) is 2.52. The van der Waals surface area contributed by atoms with E-state index < -0.39 is 0 Å². The van der Waals surface area contributed by atoms with Gasteiger partial charge in [-0.15, -0.1) is 0 Å². The molecule has 0 aliphatic carbocycles. The van der Waals surface area contributed by atoms with E-state index in [0.29, 0.717) is 10.3 Å². The Kier molecular flexibility index (Phi) is 1.86. The molecule has 0 amide bonds. The fourth-order valence-corrected chi connectivity index (χ4v) is 1.30. The van der Waals surface area contributed by atoms with Crippen LogP contribution in [0.5, 0.6) is 0 Å². The molecule has 13 heavy (non-hydrogen) atoms. The Morgan fingerprint density at radius 2 is 2.15 bits per heavy atom. The van der Waals surface area contributed by atoms with Crippen molar-refractivity contribution in [3.63, 3.8) is 0 Å². The molecule has 1 aromatic carbocycles. The number of aromatic amines is 1. The van der Waals surface area contributed by atoms with Crippen molar-refractivity contribution in [2.45, 2.75) is 0 Å². The van der Waals surface area contributed by atoms with Crippen molar-refractivity contribution in [1.82, 2.24) is 15.0 Å². The van der Waals surface area contributed by atoms with Gasteiger partial charge in [-0.3, -0.25) is 0 Å². The van der Waals surface area contributed by atoms with Gasteiger partial charge in [0, 0.05) is 0 Å². The van der Waals surface area contributed by atoms with Crippen LogP contribution in [0.1, 0.15) is 0 Å². The number of nitrogens with two attached hydrogens (primary N) is 1. The van der Waals surface area contributed by atoms with E-state index in [-0.39, 0.29) is 0 Å². The van der Waals surface area contributed by atoms with Gasteiger partial charge in [0.1, 0.15) is 4.64 Å². The Labute approximate surface area is 80.0 Å². The smallest absolute Gasteiger partial charge is 0.147 e. The first-order chi connectivity index (χ1) is 6.29. The van der Waals surface area contributed by atoms with Crippen molar-refractivity contribution in [2.24, 2.45) is 0 Å². The van der Waals surface area contributed by atoms with E-state index in [0.717, 1.165) is 5.69 Å². The molecular weight excluding hydrogens is 184 g/mol. The normalized spacial score (nSPS) is 10.2. The number of benzene rings is 1. The highest BCUT2D eigenvalue weighted by atomic mass is 32.1. The van der Waals surface area contributed by atoms with E-state index >= 15 is 0 Å². The van der Waals surface area contributed by atoms with E-state index in [1.165, 1.54) is 0 Å². The predicted octanol–water partition coefficient (Wildman–Crippen LogP) is 1.51. The molecule has 5 heteroatoms. The van der Waals surface area contributed by atoms with Gasteiger partial charge in [-0.05, 0) is 12.1 Å². The van der Waals surface area contributed by atoms with Crippen LogP contribution in [-0.4, -0.2) is 15.0 Å². The zero-order valence-electron chi connectivity index (χ0n) is 6.77. The summed E-state index contributed by atoms with van der Waals surface area (Å²) in [5, 5.41) is 6.56. The Bertz CT molecular complexity index is 471. The minimum atomic E-state index is 0.609. The number of rotatable bonds is 1. The number of nitrogens with one attached hydrogen (secondary N) is 1. The van der Waals surface area contributed by atoms with Crippen molar-refractivity contribution < 1.29 is 0 Å². The molecule has 0 fully saturated rings. The lowest BCUT2D eigenvalue weighted by atomic mass is 10.3. The molecular formula is C8H8N4S. The van der Waals surface area contributed by atoms with Crippen LogP contribution in [0, 0.1) is 4.64 Å². The SMILES string of the molecule is Nc1ccccc1-n1[nH]ncc1=S. The van der Waals surface area contributed by atoms with Gasteiger partial charge in [0.25, 0.3) is 0 Å². The first kappa shape index (κ1) is 8.00. The highest BCUT2D eigenvalue weighted by Crippen LogP contribution is 2.14. The van der Waals surface area contributed by atoms with Crippen molar-refractivity contribution in [1.29, 1.82) is 0 Å². The van der Waals surface area contributed by atoms with Gasteiger partial charge < -0.3 is 5.73 Å². The molecule has 0 bridgehead atoms. The van der Waals surface area contributed by atoms with Crippen molar-refractivity contribution >= 4 is 17.9 Å². The second kappa shape index (κ2) is 3.02. The molecule has 0 aliphatic rings. The quantitative estimate of drug-likeness (QED) is 0.532. The number of anilines is 1. The van der Waals surface area contributed by atoms with Gasteiger partial charge in [0.05, 0.1) is 17.6 Å². The standard InChI is InChI=1S/C8H8N4S/c9-6-3-1-2-4-7(6)12-8(13)5-10-11-12/h1-5,11H,9H2. The van der Waals surface area contributed by atoms with E-state index in [2.05, 4.69) is 10.3 Å². The monoisotopic (exact) mass is 192 g/mol. The lowest BCUT2D eigenvalue weighted by Crippen LogP contribution is -2.00. The first-order valence-electron chi connectivity index (χ1n) is 3.76. The maximum atomic E-state index is 5.77. The summed E-state index contributed by atoms with van der Waals surface area (Å²) in [6.07, 6.45) is 1.57. The number of aromatic nitrogens is 3. The minimum absolute atomic E-state index is 0.609. The molecule has 0 atom stereocenters. The maximum Gasteiger partial charge on any atom is 0.147 e. The summed E-state index contributed by atoms with van der Waals surface area (Å²) in [5.74, 6) is 0. The predicted molar refractivity (Wildman–Crippen MR) is 53.2 cm³/mol. The lowest BCUT2D eigenvalue weighted by Gasteiger charge is -2.04. The van der Waals surface area contributed by atoms with Crippen molar-refractivity contribution in [2.75, 3.05) is 5.73 Å². The van der Waals surface area contributed by atoms with E-state index in [4.69, 9.17) is 18.0 Å². The second-order valence-electron chi connectivity index (χ2n) is 2.59. The maximum absolute atomic E-state index is 5.77. The molecule has 0 unspecified atom stereocenters. The molecule has 0 saturated carbocycles. The number of nitrogens with zero attached hydrogens (tertiary/aromatic N) is 2. The minimum Gasteiger partial charge on any atom is -0.397 e. The summed E-state index contributed by atoms with van der Waals surface area (Å²) in [4.78, 5) is 0. The van der Waals surface area contributed by atoms with Gasteiger partial charge >= 0.3 is 0 Å². The van der Waals surface area contributed by atoms with Crippen LogP contribution < -0.4 is 5.73 Å². The molecule has 2 rings (SSSR count). The zero-order chi connectivity index (χ0) is 9.26. The molecule has 66 valence electrons. The Morgan fingerprint density at radius 3 is 2.77 bits per heavy atom. The van der Waals surface area contributed by atoms with Crippen LogP contribution in [0.25, 0.3) is 5.69 Å². The molecule has 0 aliphatic heterocycles. The highest BCUT2D eigenvalue weighted by molar-refractivity contribution is 7.71. The van der Waals surface area contributed by atoms with Gasteiger partial charge in [0.2, 0.25) is 0 Å². The van der Waals surface area contributed by atoms with Gasteiger partial charge in [-0.2, -0.15) is 5.10 Å². The molecule has 0 radical (unpaired) electrons.